The van der Waals surface area contributed by atoms with Crippen LogP contribution in [0.25, 0.3) is 0 Å². The Morgan fingerprint density at radius 3 is 2.89 bits per heavy atom. The molecule has 0 aromatic carbocycles. The Kier molecular flexibility index (Phi) is 3.83. The van der Waals surface area contributed by atoms with Gasteiger partial charge in [0.05, 0.1) is 6.04 Å². The van der Waals surface area contributed by atoms with E-state index in [0.717, 1.165) is 37.5 Å². The van der Waals surface area contributed by atoms with Crippen molar-refractivity contribution in [1.82, 2.24) is 20.4 Å². The zero-order valence-corrected chi connectivity index (χ0v) is 10.9. The lowest BCUT2D eigenvalue weighted by molar-refractivity contribution is 0.348. The number of aromatic nitrogens is 3. The molecule has 0 aliphatic carbocycles. The lowest BCUT2D eigenvalue weighted by Crippen LogP contribution is -2.27. The average Bonchev–Trinajstić information content (AvgIpc) is 2.96. The molecule has 1 aliphatic heterocycles. The van der Waals surface area contributed by atoms with Crippen LogP contribution in [0.5, 0.6) is 0 Å². The maximum Gasteiger partial charge on any atom is 0.227 e. The fraction of sp³-hybridized carbons (Fsp3) is 0.500. The van der Waals surface area contributed by atoms with Gasteiger partial charge in [0.15, 0.2) is 5.82 Å². The Morgan fingerprint density at radius 2 is 2.11 bits per heavy atom. The maximum atomic E-state index is 5.32. The second-order valence-corrected chi connectivity index (χ2v) is 4.90. The summed E-state index contributed by atoms with van der Waals surface area (Å²) in [5.74, 6) is 1.53. The van der Waals surface area contributed by atoms with Crippen LogP contribution in [0.2, 0.25) is 0 Å². The number of pyridine rings is 1. The Morgan fingerprint density at radius 1 is 1.21 bits per heavy atom. The van der Waals surface area contributed by atoms with Crippen molar-refractivity contribution in [2.24, 2.45) is 0 Å². The largest absolute Gasteiger partial charge is 0.339 e. The number of aryl methyl sites for hydroxylation is 2. The van der Waals surface area contributed by atoms with E-state index in [2.05, 4.69) is 20.4 Å². The monoisotopic (exact) mass is 258 g/mol. The third-order valence-electron chi connectivity index (χ3n) is 3.48. The summed E-state index contributed by atoms with van der Waals surface area (Å²) in [6.07, 6.45) is 8.87. The van der Waals surface area contributed by atoms with E-state index in [1.54, 1.807) is 12.4 Å². The Hall–Kier alpha value is -1.75. The number of nitrogens with one attached hydrogen (secondary N) is 1. The summed E-state index contributed by atoms with van der Waals surface area (Å²) in [6.45, 7) is 1.05. The van der Waals surface area contributed by atoms with Crippen LogP contribution >= 0.6 is 0 Å². The van der Waals surface area contributed by atoms with E-state index in [0.29, 0.717) is 0 Å². The van der Waals surface area contributed by atoms with Crippen LogP contribution in [-0.2, 0) is 12.8 Å². The van der Waals surface area contributed by atoms with E-state index in [-0.39, 0.29) is 6.04 Å². The first-order valence-corrected chi connectivity index (χ1v) is 6.86. The van der Waals surface area contributed by atoms with Crippen LogP contribution in [-0.4, -0.2) is 21.7 Å². The number of nitrogens with zero attached hydrogens (tertiary/aromatic N) is 3. The minimum Gasteiger partial charge on any atom is -0.339 e. The van der Waals surface area contributed by atoms with Crippen molar-refractivity contribution in [3.63, 3.8) is 0 Å². The molecule has 0 amide bonds. The molecule has 0 spiro atoms. The highest BCUT2D eigenvalue weighted by molar-refractivity contribution is 5.10. The second-order valence-electron chi connectivity index (χ2n) is 4.90. The van der Waals surface area contributed by atoms with Gasteiger partial charge in [-0.05, 0) is 43.5 Å². The number of rotatable bonds is 4. The van der Waals surface area contributed by atoms with Crippen molar-refractivity contribution in [2.45, 2.75) is 38.1 Å². The van der Waals surface area contributed by atoms with Crippen LogP contribution < -0.4 is 5.32 Å². The molecule has 1 aliphatic rings. The Balaban J connectivity index is 1.58. The van der Waals surface area contributed by atoms with E-state index >= 15 is 0 Å². The van der Waals surface area contributed by atoms with Crippen molar-refractivity contribution in [1.29, 1.82) is 0 Å². The number of piperidine rings is 1. The minimum atomic E-state index is 0.271. The SMILES string of the molecule is c1cc(CCc2nc(C3CCCCN3)no2)ccn1. The van der Waals surface area contributed by atoms with Crippen molar-refractivity contribution in [3.05, 3.63) is 41.8 Å². The van der Waals surface area contributed by atoms with Crippen LogP contribution in [0.1, 0.15) is 42.6 Å². The fourth-order valence-electron chi connectivity index (χ4n) is 2.38. The van der Waals surface area contributed by atoms with Gasteiger partial charge in [0.2, 0.25) is 5.89 Å². The van der Waals surface area contributed by atoms with Crippen LogP contribution in [0, 0.1) is 0 Å². The summed E-state index contributed by atoms with van der Waals surface area (Å²) in [4.78, 5) is 8.50. The third kappa shape index (κ3) is 3.17. The zero-order chi connectivity index (χ0) is 12.9. The van der Waals surface area contributed by atoms with Gasteiger partial charge in [-0.2, -0.15) is 4.98 Å². The molecule has 1 fully saturated rings. The maximum absolute atomic E-state index is 5.32. The Labute approximate surface area is 112 Å². The van der Waals surface area contributed by atoms with Crippen molar-refractivity contribution in [3.8, 4) is 0 Å². The lowest BCUT2D eigenvalue weighted by Gasteiger charge is -2.19. The van der Waals surface area contributed by atoms with Crippen LogP contribution in [0.4, 0.5) is 0 Å². The molecular weight excluding hydrogens is 240 g/mol. The van der Waals surface area contributed by atoms with Crippen molar-refractivity contribution in [2.75, 3.05) is 6.54 Å². The quantitative estimate of drug-likeness (QED) is 0.909. The van der Waals surface area contributed by atoms with Crippen molar-refractivity contribution >= 4 is 0 Å². The van der Waals surface area contributed by atoms with E-state index < -0.39 is 0 Å². The first-order chi connectivity index (χ1) is 9.42. The average molecular weight is 258 g/mol. The highest BCUT2D eigenvalue weighted by atomic mass is 16.5. The Bertz CT molecular complexity index is 505. The summed E-state index contributed by atoms with van der Waals surface area (Å²) < 4.78 is 5.32. The summed E-state index contributed by atoms with van der Waals surface area (Å²) in [5, 5.41) is 7.52. The normalized spacial score (nSPS) is 19.5. The summed E-state index contributed by atoms with van der Waals surface area (Å²) in [6, 6.07) is 4.30. The van der Waals surface area contributed by atoms with Gasteiger partial charge >= 0.3 is 0 Å². The first kappa shape index (κ1) is 12.3. The number of hydrogen-bond acceptors (Lipinski definition) is 5. The molecule has 1 atom stereocenters. The second kappa shape index (κ2) is 5.93. The van der Waals surface area contributed by atoms with E-state index in [4.69, 9.17) is 4.52 Å². The predicted octanol–water partition coefficient (Wildman–Crippen LogP) is 2.06. The molecule has 1 unspecified atom stereocenters. The number of hydrogen-bond donors (Lipinski definition) is 1. The molecule has 3 rings (SSSR count). The molecular formula is C14H18N4O. The topological polar surface area (TPSA) is 63.8 Å². The predicted molar refractivity (Wildman–Crippen MR) is 70.5 cm³/mol. The molecule has 5 nitrogen and oxygen atoms in total. The molecule has 0 bridgehead atoms. The molecule has 100 valence electrons. The third-order valence-corrected chi connectivity index (χ3v) is 3.48. The fourth-order valence-corrected chi connectivity index (χ4v) is 2.38. The van der Waals surface area contributed by atoms with Gasteiger partial charge in [-0.15, -0.1) is 0 Å². The molecule has 19 heavy (non-hydrogen) atoms. The molecule has 1 saturated heterocycles. The first-order valence-electron chi connectivity index (χ1n) is 6.86. The van der Waals surface area contributed by atoms with Gasteiger partial charge in [0.25, 0.3) is 0 Å². The zero-order valence-electron chi connectivity index (χ0n) is 10.9. The standard InChI is InChI=1S/C14H18N4O/c1-2-8-16-12(3-1)14-17-13(19-18-14)5-4-11-6-9-15-10-7-11/h6-7,9-10,12,16H,1-5,8H2. The van der Waals surface area contributed by atoms with Gasteiger partial charge in [-0.3, -0.25) is 4.98 Å². The summed E-state index contributed by atoms with van der Waals surface area (Å²) in [7, 11) is 0. The molecule has 2 aromatic rings. The minimum absolute atomic E-state index is 0.271. The highest BCUT2D eigenvalue weighted by Crippen LogP contribution is 2.20. The molecule has 3 heterocycles. The summed E-state index contributed by atoms with van der Waals surface area (Å²) in [5.41, 5.74) is 1.24. The highest BCUT2D eigenvalue weighted by Gasteiger charge is 2.20. The van der Waals surface area contributed by atoms with Gasteiger partial charge in [0.1, 0.15) is 0 Å². The van der Waals surface area contributed by atoms with Crippen molar-refractivity contribution < 1.29 is 4.52 Å². The van der Waals surface area contributed by atoms with Gasteiger partial charge in [-0.25, -0.2) is 0 Å². The van der Waals surface area contributed by atoms with Gasteiger partial charge in [0, 0.05) is 18.8 Å². The smallest absolute Gasteiger partial charge is 0.227 e. The molecule has 5 heteroatoms. The molecule has 0 saturated carbocycles. The van der Waals surface area contributed by atoms with E-state index in [1.165, 1.54) is 18.4 Å². The van der Waals surface area contributed by atoms with E-state index in [9.17, 15) is 0 Å². The van der Waals surface area contributed by atoms with Crippen LogP contribution in [0.3, 0.4) is 0 Å². The molecule has 0 radical (unpaired) electrons. The van der Waals surface area contributed by atoms with Crippen LogP contribution in [0.15, 0.2) is 29.0 Å². The van der Waals surface area contributed by atoms with E-state index in [1.807, 2.05) is 12.1 Å². The molecule has 2 aromatic heterocycles. The van der Waals surface area contributed by atoms with Gasteiger partial charge < -0.3 is 9.84 Å². The van der Waals surface area contributed by atoms with Gasteiger partial charge in [-0.1, -0.05) is 11.6 Å². The molecule has 1 N–H and O–H groups in total. The lowest BCUT2D eigenvalue weighted by atomic mass is 10.0. The summed E-state index contributed by atoms with van der Waals surface area (Å²) >= 11 is 0.